The van der Waals surface area contributed by atoms with Crippen LogP contribution in [0, 0.1) is 23.7 Å². The summed E-state index contributed by atoms with van der Waals surface area (Å²) in [6.45, 7) is 0. The number of amides is 5. The van der Waals surface area contributed by atoms with Crippen LogP contribution in [0.1, 0.15) is 23.2 Å². The van der Waals surface area contributed by atoms with Gasteiger partial charge in [-0.1, -0.05) is 18.2 Å². The lowest BCUT2D eigenvalue weighted by Gasteiger charge is -2.28. The Morgan fingerprint density at radius 2 is 1.32 bits per heavy atom. The van der Waals surface area contributed by atoms with Crippen LogP contribution in [0.25, 0.3) is 0 Å². The van der Waals surface area contributed by atoms with Crippen molar-refractivity contribution >= 4 is 40.9 Å². The lowest BCUT2D eigenvalue weighted by atomic mass is 9.70. The molecule has 5 amide bonds. The number of anilines is 2. The Kier molecular flexibility index (Phi) is 4.43. The molecule has 3 fully saturated rings. The summed E-state index contributed by atoms with van der Waals surface area (Å²) in [5, 5.41) is 5.08. The number of benzene rings is 2. The molecule has 0 unspecified atom stereocenters. The summed E-state index contributed by atoms with van der Waals surface area (Å²) in [7, 11) is 0. The molecule has 1 saturated carbocycles. The van der Waals surface area contributed by atoms with Crippen LogP contribution >= 0.6 is 0 Å². The normalized spacial score (nSPS) is 27.0. The van der Waals surface area contributed by atoms with E-state index in [2.05, 4.69) is 10.6 Å². The summed E-state index contributed by atoms with van der Waals surface area (Å²) in [4.78, 5) is 63.5. The third kappa shape index (κ3) is 3.11. The molecule has 8 heteroatoms. The van der Waals surface area contributed by atoms with Gasteiger partial charge in [-0.15, -0.1) is 0 Å². The highest BCUT2D eigenvalue weighted by Crippen LogP contribution is 2.46. The molecule has 4 atom stereocenters. The van der Waals surface area contributed by atoms with E-state index in [1.54, 1.807) is 36.4 Å². The van der Waals surface area contributed by atoms with Crippen LogP contribution in [0.3, 0.4) is 0 Å². The van der Waals surface area contributed by atoms with Gasteiger partial charge in [-0.2, -0.15) is 0 Å². The maximum atomic E-state index is 13.0. The molecule has 0 aromatic heterocycles. The molecule has 2 aliphatic heterocycles. The Morgan fingerprint density at radius 3 is 1.87 bits per heavy atom. The van der Waals surface area contributed by atoms with Gasteiger partial charge in [0.25, 0.3) is 5.91 Å². The van der Waals surface area contributed by atoms with E-state index >= 15 is 0 Å². The number of hydrogen-bond acceptors (Lipinski definition) is 5. The van der Waals surface area contributed by atoms with Crippen molar-refractivity contribution in [3.63, 3.8) is 0 Å². The van der Waals surface area contributed by atoms with Crippen LogP contribution in [-0.4, -0.2) is 29.5 Å². The van der Waals surface area contributed by atoms with Gasteiger partial charge in [0.05, 0.1) is 29.4 Å². The molecule has 8 nitrogen and oxygen atoms in total. The molecule has 2 aromatic carbocycles. The van der Waals surface area contributed by atoms with Crippen LogP contribution in [0.4, 0.5) is 11.4 Å². The summed E-state index contributed by atoms with van der Waals surface area (Å²) in [6.07, 6.45) is 0.400. The lowest BCUT2D eigenvalue weighted by Crippen LogP contribution is -2.35. The van der Waals surface area contributed by atoms with E-state index < -0.39 is 23.7 Å². The summed E-state index contributed by atoms with van der Waals surface area (Å²) >= 11 is 0. The molecule has 31 heavy (non-hydrogen) atoms. The van der Waals surface area contributed by atoms with Crippen molar-refractivity contribution in [2.24, 2.45) is 23.7 Å². The van der Waals surface area contributed by atoms with Crippen LogP contribution in [0.15, 0.2) is 54.6 Å². The number of imide groups is 2. The van der Waals surface area contributed by atoms with Crippen LogP contribution in [0.2, 0.25) is 0 Å². The lowest BCUT2D eigenvalue weighted by molar-refractivity contribution is -0.129. The first kappa shape index (κ1) is 19.2. The molecular formula is C23H19N3O5. The van der Waals surface area contributed by atoms with Crippen molar-refractivity contribution in [3.8, 4) is 0 Å². The fourth-order valence-corrected chi connectivity index (χ4v) is 4.82. The molecule has 3 aliphatic rings. The van der Waals surface area contributed by atoms with Gasteiger partial charge in [0.1, 0.15) is 0 Å². The second-order valence-corrected chi connectivity index (χ2v) is 8.13. The Bertz CT molecular complexity index is 1070. The first-order valence-corrected chi connectivity index (χ1v) is 10.1. The Hall–Kier alpha value is -3.81. The molecule has 0 spiro atoms. The molecule has 2 heterocycles. The van der Waals surface area contributed by atoms with Crippen molar-refractivity contribution in [2.75, 3.05) is 10.2 Å². The van der Waals surface area contributed by atoms with Crippen LogP contribution < -0.4 is 15.5 Å². The van der Waals surface area contributed by atoms with E-state index in [9.17, 15) is 24.0 Å². The minimum atomic E-state index is -0.605. The third-order valence-corrected chi connectivity index (χ3v) is 6.40. The van der Waals surface area contributed by atoms with Gasteiger partial charge < -0.3 is 5.32 Å². The van der Waals surface area contributed by atoms with Crippen molar-refractivity contribution in [2.45, 2.75) is 12.8 Å². The van der Waals surface area contributed by atoms with E-state index in [1.165, 1.54) is 0 Å². The second-order valence-electron chi connectivity index (χ2n) is 8.13. The van der Waals surface area contributed by atoms with Crippen molar-refractivity contribution in [1.82, 2.24) is 5.32 Å². The van der Waals surface area contributed by atoms with Crippen molar-refractivity contribution in [3.05, 3.63) is 60.2 Å². The predicted octanol–water partition coefficient (Wildman–Crippen LogP) is 1.73. The fourth-order valence-electron chi connectivity index (χ4n) is 4.82. The maximum Gasteiger partial charge on any atom is 0.255 e. The minimum absolute atomic E-state index is 0.200. The van der Waals surface area contributed by atoms with E-state index in [0.29, 0.717) is 16.9 Å². The quantitative estimate of drug-likeness (QED) is 0.739. The SMILES string of the molecule is O=C(Nc1ccccc1)c1ccc(N2C(=O)[C@@H]3C[C@@H]4C(=O)NC(=O)[C@H]4C[C@H]3C2=O)cc1. The molecule has 2 N–H and O–H groups in total. The highest BCUT2D eigenvalue weighted by atomic mass is 16.2. The molecule has 0 bridgehead atoms. The van der Waals surface area contributed by atoms with Gasteiger partial charge >= 0.3 is 0 Å². The number of para-hydroxylation sites is 1. The topological polar surface area (TPSA) is 113 Å². The predicted molar refractivity (Wildman–Crippen MR) is 110 cm³/mol. The van der Waals surface area contributed by atoms with Gasteiger partial charge in [-0.25, -0.2) is 0 Å². The molecule has 2 saturated heterocycles. The number of nitrogens with one attached hydrogen (secondary N) is 2. The third-order valence-electron chi connectivity index (χ3n) is 6.40. The fraction of sp³-hybridized carbons (Fsp3) is 0.261. The van der Waals surface area contributed by atoms with Crippen LogP contribution in [0.5, 0.6) is 0 Å². The first-order valence-electron chi connectivity index (χ1n) is 10.1. The summed E-state index contributed by atoms with van der Waals surface area (Å²) in [6, 6.07) is 15.3. The van der Waals surface area contributed by atoms with Gasteiger partial charge in [0.15, 0.2) is 0 Å². The number of rotatable bonds is 3. The standard InChI is InChI=1S/C23H19N3O5/c27-19(24-13-4-2-1-3-5-13)12-6-8-14(9-7-12)26-22(30)17-10-15-16(11-18(17)23(26)31)21(29)25-20(15)28/h1-9,15-18H,10-11H2,(H,24,27)(H,25,28,29)/t15-,16-,17+,18+/m0/s1. The number of carbonyl (C=O) groups excluding carboxylic acids is 5. The van der Waals surface area contributed by atoms with E-state index in [-0.39, 0.29) is 42.4 Å². The molecule has 0 radical (unpaired) electrons. The molecule has 5 rings (SSSR count). The van der Waals surface area contributed by atoms with E-state index in [1.807, 2.05) is 18.2 Å². The van der Waals surface area contributed by atoms with Crippen molar-refractivity contribution < 1.29 is 24.0 Å². The molecule has 1 aliphatic carbocycles. The Labute approximate surface area is 177 Å². The summed E-state index contributed by atoms with van der Waals surface area (Å²) in [5.74, 6) is -4.05. The Morgan fingerprint density at radius 1 is 0.774 bits per heavy atom. The zero-order valence-electron chi connectivity index (χ0n) is 16.4. The zero-order chi connectivity index (χ0) is 21.7. The van der Waals surface area contributed by atoms with Gasteiger partial charge in [0, 0.05) is 11.3 Å². The number of fused-ring (bicyclic) bond motifs is 2. The Balaban J connectivity index is 1.34. The maximum absolute atomic E-state index is 13.0. The number of hydrogen-bond donors (Lipinski definition) is 2. The molecule has 2 aromatic rings. The molecular weight excluding hydrogens is 398 g/mol. The van der Waals surface area contributed by atoms with Gasteiger partial charge in [-0.05, 0) is 49.2 Å². The van der Waals surface area contributed by atoms with Gasteiger partial charge in [-0.3, -0.25) is 34.2 Å². The molecule has 156 valence electrons. The zero-order valence-corrected chi connectivity index (χ0v) is 16.4. The van der Waals surface area contributed by atoms with Crippen LogP contribution in [-0.2, 0) is 19.2 Å². The second kappa shape index (κ2) is 7.16. The average Bonchev–Trinajstić information content (AvgIpc) is 3.20. The van der Waals surface area contributed by atoms with E-state index in [4.69, 9.17) is 0 Å². The summed E-state index contributed by atoms with van der Waals surface area (Å²) in [5.41, 5.74) is 1.43. The number of nitrogens with zero attached hydrogens (tertiary/aromatic N) is 1. The number of carbonyl (C=O) groups is 5. The van der Waals surface area contributed by atoms with E-state index in [0.717, 1.165) is 4.90 Å². The van der Waals surface area contributed by atoms with Gasteiger partial charge in [0.2, 0.25) is 23.6 Å². The smallest absolute Gasteiger partial charge is 0.255 e. The monoisotopic (exact) mass is 417 g/mol. The largest absolute Gasteiger partial charge is 0.322 e. The highest BCUT2D eigenvalue weighted by Gasteiger charge is 2.57. The highest BCUT2D eigenvalue weighted by molar-refractivity contribution is 6.23. The minimum Gasteiger partial charge on any atom is -0.322 e. The first-order chi connectivity index (χ1) is 14.9. The summed E-state index contributed by atoms with van der Waals surface area (Å²) < 4.78 is 0. The van der Waals surface area contributed by atoms with Crippen molar-refractivity contribution in [1.29, 1.82) is 0 Å². The average molecular weight is 417 g/mol.